The highest BCUT2D eigenvalue weighted by Gasteiger charge is 2.23. The number of rotatable bonds is 6. The van der Waals surface area contributed by atoms with Crippen molar-refractivity contribution in [2.24, 2.45) is 0 Å². The molecule has 1 aromatic heterocycles. The molecule has 1 aliphatic heterocycles. The Morgan fingerprint density at radius 1 is 1.53 bits per heavy atom. The summed E-state index contributed by atoms with van der Waals surface area (Å²) in [6, 6.07) is 0. The molecule has 0 aliphatic carbocycles. The first kappa shape index (κ1) is 14.1. The Morgan fingerprint density at radius 2 is 2.26 bits per heavy atom. The molecular weight excluding hydrogens is 264 g/mol. The Morgan fingerprint density at radius 3 is 2.89 bits per heavy atom. The number of hydrogen-bond acceptors (Lipinski definition) is 5. The fourth-order valence-electron chi connectivity index (χ4n) is 2.22. The fourth-order valence-corrected chi connectivity index (χ4v) is 2.89. The van der Waals surface area contributed by atoms with E-state index in [0.29, 0.717) is 17.6 Å². The Hall–Kier alpha value is -1.34. The molecule has 1 fully saturated rings. The molecule has 0 bridgehead atoms. The molecule has 19 heavy (non-hydrogen) atoms. The molecule has 2 heterocycles. The number of nitrogens with one attached hydrogen (secondary N) is 1. The van der Waals surface area contributed by atoms with Gasteiger partial charge in [-0.15, -0.1) is 16.8 Å². The summed E-state index contributed by atoms with van der Waals surface area (Å²) in [4.78, 5) is 10.6. The highest BCUT2D eigenvalue weighted by atomic mass is 32.2. The molecule has 0 unspecified atom stereocenters. The number of allylic oxidation sites excluding steroid dienone is 1. The number of hydrogen-bond donors (Lipinski definition) is 2. The summed E-state index contributed by atoms with van der Waals surface area (Å²) in [6.07, 6.45) is 3.87. The predicted octanol–water partition coefficient (Wildman–Crippen LogP) is 1.11. The van der Waals surface area contributed by atoms with Crippen LogP contribution in [-0.4, -0.2) is 44.7 Å². The first-order chi connectivity index (χ1) is 9.22. The van der Waals surface area contributed by atoms with E-state index in [9.17, 15) is 4.79 Å². The van der Waals surface area contributed by atoms with Gasteiger partial charge in [-0.05, 0) is 25.9 Å². The summed E-state index contributed by atoms with van der Waals surface area (Å²) >= 11 is 1.21. The molecule has 0 atom stereocenters. The third-order valence-corrected chi connectivity index (χ3v) is 4.04. The van der Waals surface area contributed by atoms with E-state index in [1.54, 1.807) is 6.08 Å². The van der Waals surface area contributed by atoms with E-state index in [1.165, 1.54) is 11.8 Å². The van der Waals surface area contributed by atoms with Gasteiger partial charge in [0, 0.05) is 12.5 Å². The zero-order valence-corrected chi connectivity index (χ0v) is 11.5. The van der Waals surface area contributed by atoms with Gasteiger partial charge in [0.25, 0.3) is 0 Å². The second-order valence-corrected chi connectivity index (χ2v) is 5.39. The minimum atomic E-state index is -0.846. The Kier molecular flexibility index (Phi) is 4.98. The zero-order valence-electron chi connectivity index (χ0n) is 10.7. The third-order valence-electron chi connectivity index (χ3n) is 3.09. The van der Waals surface area contributed by atoms with Crippen molar-refractivity contribution in [1.82, 2.24) is 20.1 Å². The lowest BCUT2D eigenvalue weighted by Gasteiger charge is -2.22. The van der Waals surface area contributed by atoms with E-state index >= 15 is 0 Å². The van der Waals surface area contributed by atoms with E-state index in [2.05, 4.69) is 22.1 Å². The van der Waals surface area contributed by atoms with Crippen LogP contribution in [0.5, 0.6) is 0 Å². The van der Waals surface area contributed by atoms with Gasteiger partial charge < -0.3 is 15.0 Å². The molecule has 0 radical (unpaired) electrons. The van der Waals surface area contributed by atoms with E-state index in [-0.39, 0.29) is 5.75 Å². The normalized spacial score (nSPS) is 16.4. The van der Waals surface area contributed by atoms with Crippen molar-refractivity contribution in [3.05, 3.63) is 18.5 Å². The maximum Gasteiger partial charge on any atom is 0.313 e. The number of carbonyl (C=O) groups is 1. The molecule has 1 aliphatic rings. The van der Waals surface area contributed by atoms with Crippen LogP contribution >= 0.6 is 11.8 Å². The van der Waals surface area contributed by atoms with Crippen molar-refractivity contribution in [1.29, 1.82) is 0 Å². The lowest BCUT2D eigenvalue weighted by atomic mass is 9.97. The lowest BCUT2D eigenvalue weighted by molar-refractivity contribution is -0.133. The quantitative estimate of drug-likeness (QED) is 0.601. The molecule has 7 heteroatoms. The van der Waals surface area contributed by atoms with E-state index in [0.717, 1.165) is 31.8 Å². The van der Waals surface area contributed by atoms with Crippen LogP contribution in [0.25, 0.3) is 0 Å². The Bertz CT molecular complexity index is 455. The fraction of sp³-hybridized carbons (Fsp3) is 0.583. The van der Waals surface area contributed by atoms with Crippen molar-refractivity contribution < 1.29 is 9.90 Å². The predicted molar refractivity (Wildman–Crippen MR) is 73.4 cm³/mol. The highest BCUT2D eigenvalue weighted by Crippen LogP contribution is 2.27. The van der Waals surface area contributed by atoms with Crippen molar-refractivity contribution in [3.63, 3.8) is 0 Å². The van der Waals surface area contributed by atoms with Crippen LogP contribution in [0.15, 0.2) is 17.8 Å². The molecular formula is C12H18N4O2S. The first-order valence-corrected chi connectivity index (χ1v) is 7.30. The summed E-state index contributed by atoms with van der Waals surface area (Å²) in [5.41, 5.74) is 0. The Labute approximate surface area is 116 Å². The van der Waals surface area contributed by atoms with E-state index < -0.39 is 5.97 Å². The summed E-state index contributed by atoms with van der Waals surface area (Å²) < 4.78 is 1.98. The van der Waals surface area contributed by atoms with Crippen LogP contribution in [0.4, 0.5) is 0 Å². The molecule has 2 rings (SSSR count). The number of piperidine rings is 1. The topological polar surface area (TPSA) is 80.0 Å². The Balaban J connectivity index is 2.17. The van der Waals surface area contributed by atoms with Crippen LogP contribution in [0.1, 0.15) is 24.6 Å². The number of carboxylic acids is 1. The highest BCUT2D eigenvalue weighted by molar-refractivity contribution is 7.99. The molecule has 1 saturated heterocycles. The first-order valence-electron chi connectivity index (χ1n) is 6.31. The van der Waals surface area contributed by atoms with Gasteiger partial charge in [0.15, 0.2) is 5.16 Å². The van der Waals surface area contributed by atoms with Gasteiger partial charge in [0.05, 0.1) is 5.75 Å². The average Bonchev–Trinajstić information content (AvgIpc) is 2.81. The van der Waals surface area contributed by atoms with Crippen LogP contribution < -0.4 is 5.32 Å². The maximum atomic E-state index is 10.6. The van der Waals surface area contributed by atoms with Crippen LogP contribution in [0, 0.1) is 0 Å². The molecule has 6 nitrogen and oxygen atoms in total. The molecule has 104 valence electrons. The number of aromatic nitrogens is 3. The summed E-state index contributed by atoms with van der Waals surface area (Å²) in [6.45, 7) is 6.34. The second kappa shape index (κ2) is 6.72. The van der Waals surface area contributed by atoms with Crippen LogP contribution in [0.2, 0.25) is 0 Å². The van der Waals surface area contributed by atoms with Gasteiger partial charge in [-0.3, -0.25) is 4.79 Å². The lowest BCUT2D eigenvalue weighted by Crippen LogP contribution is -2.28. The van der Waals surface area contributed by atoms with E-state index in [1.807, 2.05) is 4.57 Å². The summed E-state index contributed by atoms with van der Waals surface area (Å²) in [5.74, 6) is 0.505. The second-order valence-electron chi connectivity index (χ2n) is 4.45. The number of thioether (sulfide) groups is 1. The van der Waals surface area contributed by atoms with E-state index in [4.69, 9.17) is 5.11 Å². The molecule has 0 spiro atoms. The molecule has 0 amide bonds. The molecule has 1 aromatic rings. The van der Waals surface area contributed by atoms with Gasteiger partial charge in [0.1, 0.15) is 5.82 Å². The van der Waals surface area contributed by atoms with Crippen LogP contribution in [0.3, 0.4) is 0 Å². The summed E-state index contributed by atoms with van der Waals surface area (Å²) in [5, 5.41) is 21.1. The largest absolute Gasteiger partial charge is 0.481 e. The smallest absolute Gasteiger partial charge is 0.313 e. The molecule has 0 aromatic carbocycles. The van der Waals surface area contributed by atoms with Gasteiger partial charge in [0.2, 0.25) is 0 Å². The van der Waals surface area contributed by atoms with Gasteiger partial charge in [-0.25, -0.2) is 0 Å². The van der Waals surface area contributed by atoms with Crippen molar-refractivity contribution >= 4 is 17.7 Å². The van der Waals surface area contributed by atoms with Crippen LogP contribution in [-0.2, 0) is 11.3 Å². The zero-order chi connectivity index (χ0) is 13.7. The summed E-state index contributed by atoms with van der Waals surface area (Å²) in [7, 11) is 0. The van der Waals surface area contributed by atoms with Gasteiger partial charge >= 0.3 is 5.97 Å². The standard InChI is InChI=1S/C12H18N4O2S/c1-2-7-16-11(9-3-5-13-6-4-9)14-15-12(16)19-8-10(17)18/h2,9,13H,1,3-8H2,(H,17,18). The van der Waals surface area contributed by atoms with Crippen molar-refractivity contribution in [2.45, 2.75) is 30.5 Å². The third kappa shape index (κ3) is 3.57. The van der Waals surface area contributed by atoms with Gasteiger partial charge in [-0.2, -0.15) is 0 Å². The van der Waals surface area contributed by atoms with Crippen molar-refractivity contribution in [3.8, 4) is 0 Å². The maximum absolute atomic E-state index is 10.6. The minimum absolute atomic E-state index is 0.00149. The molecule has 0 saturated carbocycles. The minimum Gasteiger partial charge on any atom is -0.481 e. The van der Waals surface area contributed by atoms with Crippen molar-refractivity contribution in [2.75, 3.05) is 18.8 Å². The monoisotopic (exact) mass is 282 g/mol. The van der Waals surface area contributed by atoms with Gasteiger partial charge in [-0.1, -0.05) is 17.8 Å². The number of nitrogens with zero attached hydrogens (tertiary/aromatic N) is 3. The number of aliphatic carboxylic acids is 1. The SMILES string of the molecule is C=CCn1c(SCC(=O)O)nnc1C1CCNCC1. The average molecular weight is 282 g/mol. The molecule has 2 N–H and O–H groups in total. The number of carboxylic acid groups (broad SMARTS) is 1.